The van der Waals surface area contributed by atoms with Gasteiger partial charge >= 0.3 is 0 Å². The van der Waals surface area contributed by atoms with Crippen molar-refractivity contribution in [3.63, 3.8) is 0 Å². The van der Waals surface area contributed by atoms with Crippen LogP contribution in [-0.2, 0) is 11.3 Å². The van der Waals surface area contributed by atoms with Crippen LogP contribution in [0, 0.1) is 0 Å². The van der Waals surface area contributed by atoms with Crippen LogP contribution in [0.25, 0.3) is 10.9 Å². The van der Waals surface area contributed by atoms with Gasteiger partial charge in [-0.2, -0.15) is 0 Å². The molecule has 2 aliphatic rings. The molecule has 1 saturated heterocycles. The summed E-state index contributed by atoms with van der Waals surface area (Å²) in [6.45, 7) is 6.78. The van der Waals surface area contributed by atoms with Crippen molar-refractivity contribution in [1.82, 2.24) is 30.1 Å². The lowest BCUT2D eigenvalue weighted by atomic mass is 10.1. The van der Waals surface area contributed by atoms with E-state index in [4.69, 9.17) is 9.47 Å². The Balaban J connectivity index is 1.48. The predicted octanol–water partition coefficient (Wildman–Crippen LogP) is 4.16. The van der Waals surface area contributed by atoms with Crippen LogP contribution in [0.2, 0.25) is 0 Å². The van der Waals surface area contributed by atoms with Crippen LogP contribution in [0.15, 0.2) is 29.1 Å². The summed E-state index contributed by atoms with van der Waals surface area (Å²) in [5, 5.41) is 13.9. The lowest BCUT2D eigenvalue weighted by Gasteiger charge is -2.32. The zero-order valence-electron chi connectivity index (χ0n) is 20.8. The number of tetrazole rings is 1. The summed E-state index contributed by atoms with van der Waals surface area (Å²) in [7, 11) is 0. The molecule has 3 aromatic rings. The number of nitrogens with one attached hydrogen (secondary N) is 1. The summed E-state index contributed by atoms with van der Waals surface area (Å²) in [5.41, 5.74) is 1.47. The predicted molar refractivity (Wildman–Crippen MR) is 133 cm³/mol. The molecular weight excluding hydrogens is 444 g/mol. The van der Waals surface area contributed by atoms with Gasteiger partial charge in [0, 0.05) is 36.2 Å². The number of H-pyrrole nitrogens is 1. The first kappa shape index (κ1) is 23.9. The number of ether oxygens (including phenoxy) is 2. The molecule has 3 heterocycles. The van der Waals surface area contributed by atoms with E-state index < -0.39 is 0 Å². The van der Waals surface area contributed by atoms with Gasteiger partial charge in [-0.15, -0.1) is 5.10 Å². The minimum atomic E-state index is -0.0655. The van der Waals surface area contributed by atoms with Gasteiger partial charge in [0.15, 0.2) is 5.82 Å². The number of hydrogen-bond donors (Lipinski definition) is 1. The third-order valence-electron chi connectivity index (χ3n) is 7.35. The lowest BCUT2D eigenvalue weighted by molar-refractivity contribution is 0.0484. The highest BCUT2D eigenvalue weighted by Gasteiger charge is 2.31. The SMILES string of the molecule is CCOc1ccc2[nH]c(=O)c(CN(CC3CCCO3)C(CC)c3nnnn3C3CCCC3)cc2c1. The lowest BCUT2D eigenvalue weighted by Crippen LogP contribution is -2.38. The smallest absolute Gasteiger partial charge is 0.252 e. The molecule has 2 atom stereocenters. The van der Waals surface area contributed by atoms with E-state index in [1.807, 2.05) is 35.9 Å². The molecule has 2 aromatic heterocycles. The largest absolute Gasteiger partial charge is 0.494 e. The van der Waals surface area contributed by atoms with Crippen LogP contribution < -0.4 is 10.3 Å². The Morgan fingerprint density at radius 1 is 1.20 bits per heavy atom. The molecule has 0 spiro atoms. The molecule has 2 unspecified atom stereocenters. The number of rotatable bonds is 10. The first-order chi connectivity index (χ1) is 17.2. The van der Waals surface area contributed by atoms with Crippen LogP contribution in [0.4, 0.5) is 0 Å². The molecule has 0 bridgehead atoms. The fourth-order valence-corrected chi connectivity index (χ4v) is 5.61. The zero-order valence-corrected chi connectivity index (χ0v) is 20.8. The quantitative estimate of drug-likeness (QED) is 0.465. The molecule has 1 aromatic carbocycles. The van der Waals surface area contributed by atoms with E-state index in [0.717, 1.165) is 73.3 Å². The molecule has 1 aliphatic carbocycles. The fourth-order valence-electron chi connectivity index (χ4n) is 5.61. The first-order valence-electron chi connectivity index (χ1n) is 13.1. The van der Waals surface area contributed by atoms with Crippen molar-refractivity contribution in [2.45, 2.75) is 83.5 Å². The average Bonchev–Trinajstić information content (AvgIpc) is 3.63. The molecule has 188 valence electrons. The molecule has 0 amide bonds. The van der Waals surface area contributed by atoms with Crippen molar-refractivity contribution in [3.8, 4) is 5.75 Å². The van der Waals surface area contributed by atoms with E-state index in [1.54, 1.807) is 0 Å². The summed E-state index contributed by atoms with van der Waals surface area (Å²) in [5.74, 6) is 1.70. The molecule has 1 aliphatic heterocycles. The van der Waals surface area contributed by atoms with Crippen LogP contribution in [0.5, 0.6) is 5.75 Å². The third kappa shape index (κ3) is 5.26. The number of benzene rings is 1. The van der Waals surface area contributed by atoms with Gasteiger partial charge in [0.2, 0.25) is 0 Å². The second kappa shape index (κ2) is 10.9. The summed E-state index contributed by atoms with van der Waals surface area (Å²) in [4.78, 5) is 18.5. The van der Waals surface area contributed by atoms with Gasteiger partial charge in [0.25, 0.3) is 5.56 Å². The third-order valence-corrected chi connectivity index (χ3v) is 7.35. The Bertz CT molecular complexity index is 1180. The van der Waals surface area contributed by atoms with Gasteiger partial charge in [-0.1, -0.05) is 19.8 Å². The molecule has 0 radical (unpaired) electrons. The standard InChI is InChI=1S/C26H36N6O3/c1-3-24(25-28-29-30-32(25)20-8-5-6-9-20)31(17-22-10-7-13-35-22)16-19-14-18-15-21(34-4-2)11-12-23(18)27-26(19)33/h11-12,14-15,20,22,24H,3-10,13,16-17H2,1-2H3,(H,27,33). The van der Waals surface area contributed by atoms with Gasteiger partial charge in [-0.05, 0) is 73.7 Å². The Hall–Kier alpha value is -2.78. The van der Waals surface area contributed by atoms with E-state index in [2.05, 4.69) is 32.3 Å². The molecule has 9 heteroatoms. The maximum Gasteiger partial charge on any atom is 0.252 e. The van der Waals surface area contributed by atoms with Crippen molar-refractivity contribution < 1.29 is 9.47 Å². The van der Waals surface area contributed by atoms with Crippen LogP contribution in [0.1, 0.15) is 82.3 Å². The van der Waals surface area contributed by atoms with E-state index >= 15 is 0 Å². The number of fused-ring (bicyclic) bond motifs is 1. The fraction of sp³-hybridized carbons (Fsp3) is 0.615. The Morgan fingerprint density at radius 2 is 2.06 bits per heavy atom. The molecule has 1 saturated carbocycles. The van der Waals surface area contributed by atoms with E-state index in [9.17, 15) is 4.79 Å². The molecule has 35 heavy (non-hydrogen) atoms. The minimum absolute atomic E-state index is 0.000319. The highest BCUT2D eigenvalue weighted by atomic mass is 16.5. The van der Waals surface area contributed by atoms with E-state index in [1.165, 1.54) is 12.8 Å². The highest BCUT2D eigenvalue weighted by molar-refractivity contribution is 5.80. The summed E-state index contributed by atoms with van der Waals surface area (Å²) >= 11 is 0. The monoisotopic (exact) mass is 480 g/mol. The molecular formula is C26H36N6O3. The molecule has 5 rings (SSSR count). The summed E-state index contributed by atoms with van der Waals surface area (Å²) in [6, 6.07) is 8.13. The molecule has 1 N–H and O–H groups in total. The van der Waals surface area contributed by atoms with Gasteiger partial charge < -0.3 is 14.5 Å². The zero-order chi connectivity index (χ0) is 24.2. The van der Waals surface area contributed by atoms with Gasteiger partial charge in [-0.3, -0.25) is 9.69 Å². The first-order valence-corrected chi connectivity index (χ1v) is 13.1. The molecule has 2 fully saturated rings. The van der Waals surface area contributed by atoms with E-state index in [0.29, 0.717) is 19.2 Å². The maximum atomic E-state index is 13.1. The number of nitrogens with zero attached hydrogens (tertiary/aromatic N) is 5. The average molecular weight is 481 g/mol. The van der Waals surface area contributed by atoms with Crippen molar-refractivity contribution in [2.24, 2.45) is 0 Å². The number of aromatic nitrogens is 5. The second-order valence-corrected chi connectivity index (χ2v) is 9.71. The van der Waals surface area contributed by atoms with Gasteiger partial charge in [0.1, 0.15) is 5.75 Å². The van der Waals surface area contributed by atoms with Gasteiger partial charge in [-0.25, -0.2) is 4.68 Å². The Morgan fingerprint density at radius 3 is 2.80 bits per heavy atom. The summed E-state index contributed by atoms with van der Waals surface area (Å²) < 4.78 is 13.7. The minimum Gasteiger partial charge on any atom is -0.494 e. The number of pyridine rings is 1. The number of hydrogen-bond acceptors (Lipinski definition) is 7. The molecule has 9 nitrogen and oxygen atoms in total. The Labute approximate surface area is 205 Å². The topological polar surface area (TPSA) is 98.2 Å². The van der Waals surface area contributed by atoms with Crippen molar-refractivity contribution in [1.29, 1.82) is 0 Å². The van der Waals surface area contributed by atoms with E-state index in [-0.39, 0.29) is 17.7 Å². The Kier molecular flexibility index (Phi) is 7.43. The second-order valence-electron chi connectivity index (χ2n) is 9.71. The maximum absolute atomic E-state index is 13.1. The van der Waals surface area contributed by atoms with Crippen molar-refractivity contribution >= 4 is 10.9 Å². The van der Waals surface area contributed by atoms with Crippen molar-refractivity contribution in [2.75, 3.05) is 19.8 Å². The van der Waals surface area contributed by atoms with Crippen molar-refractivity contribution in [3.05, 3.63) is 46.0 Å². The summed E-state index contributed by atoms with van der Waals surface area (Å²) in [6.07, 6.45) is 7.79. The van der Waals surface area contributed by atoms with Gasteiger partial charge in [0.05, 0.1) is 24.8 Å². The van der Waals surface area contributed by atoms with Crippen LogP contribution >= 0.6 is 0 Å². The normalized spacial score (nSPS) is 19.7. The number of aromatic amines is 1. The highest BCUT2D eigenvalue weighted by Crippen LogP contribution is 2.33. The van der Waals surface area contributed by atoms with Crippen LogP contribution in [-0.4, -0.2) is 56.0 Å². The van der Waals surface area contributed by atoms with Crippen LogP contribution in [0.3, 0.4) is 0 Å².